The van der Waals surface area contributed by atoms with Crippen LogP contribution in [-0.4, -0.2) is 38.4 Å². The lowest BCUT2D eigenvalue weighted by Gasteiger charge is -2.17. The first-order valence-electron chi connectivity index (χ1n) is 7.41. The summed E-state index contributed by atoms with van der Waals surface area (Å²) in [7, 11) is 3.56. The first-order chi connectivity index (χ1) is 11.2. The fourth-order valence-corrected chi connectivity index (χ4v) is 2.37. The third-order valence-corrected chi connectivity index (χ3v) is 3.66. The molecule has 0 saturated carbocycles. The van der Waals surface area contributed by atoms with Crippen LogP contribution in [0.3, 0.4) is 0 Å². The largest absolute Gasteiger partial charge is 0.492 e. The first kappa shape index (κ1) is 17.3. The van der Waals surface area contributed by atoms with Crippen LogP contribution >= 0.6 is 11.6 Å². The lowest BCUT2D eigenvalue weighted by molar-refractivity contribution is 0.215. The van der Waals surface area contributed by atoms with Crippen molar-refractivity contribution in [2.45, 2.75) is 6.54 Å². The molecule has 0 saturated heterocycles. The Morgan fingerprint density at radius 3 is 2.65 bits per heavy atom. The minimum absolute atomic E-state index is 0.567. The molecule has 2 aromatic carbocycles. The molecule has 0 heterocycles. The van der Waals surface area contributed by atoms with Gasteiger partial charge in [0.1, 0.15) is 19.5 Å². The summed E-state index contributed by atoms with van der Waals surface area (Å²) in [6, 6.07) is 15.9. The maximum Gasteiger partial charge on any atom is 0.129 e. The fourth-order valence-electron chi connectivity index (χ4n) is 2.16. The van der Waals surface area contributed by atoms with Crippen LogP contribution in [0.5, 0.6) is 5.75 Å². The van der Waals surface area contributed by atoms with E-state index < -0.39 is 0 Å². The Morgan fingerprint density at radius 1 is 1.13 bits per heavy atom. The molecule has 0 bridgehead atoms. The molecule has 0 spiro atoms. The van der Waals surface area contributed by atoms with Gasteiger partial charge in [-0.3, -0.25) is 4.90 Å². The quantitative estimate of drug-likeness (QED) is 0.544. The van der Waals surface area contributed by atoms with E-state index in [0.29, 0.717) is 17.4 Å². The molecule has 0 aliphatic carbocycles. The van der Waals surface area contributed by atoms with Gasteiger partial charge in [0.25, 0.3) is 0 Å². The van der Waals surface area contributed by atoms with Crippen molar-refractivity contribution < 1.29 is 9.57 Å². The molecular weight excluding hydrogens is 312 g/mol. The van der Waals surface area contributed by atoms with Crippen LogP contribution in [0.1, 0.15) is 11.1 Å². The second-order valence-electron chi connectivity index (χ2n) is 5.14. The minimum atomic E-state index is 0.567. The van der Waals surface area contributed by atoms with Crippen molar-refractivity contribution in [1.82, 2.24) is 4.90 Å². The van der Waals surface area contributed by atoms with Crippen molar-refractivity contribution in [2.24, 2.45) is 5.16 Å². The highest BCUT2D eigenvalue weighted by molar-refractivity contribution is 6.33. The van der Waals surface area contributed by atoms with Gasteiger partial charge in [0.05, 0.1) is 16.8 Å². The lowest BCUT2D eigenvalue weighted by Crippen LogP contribution is -2.24. The number of hydrogen-bond acceptors (Lipinski definition) is 4. The Kier molecular flexibility index (Phi) is 6.91. The zero-order valence-corrected chi connectivity index (χ0v) is 14.2. The Morgan fingerprint density at radius 2 is 1.91 bits per heavy atom. The molecule has 0 aliphatic rings. The smallest absolute Gasteiger partial charge is 0.129 e. The second kappa shape index (κ2) is 9.18. The lowest BCUT2D eigenvalue weighted by atomic mass is 10.2. The van der Waals surface area contributed by atoms with Gasteiger partial charge in [-0.05, 0) is 24.7 Å². The third kappa shape index (κ3) is 5.58. The normalized spacial score (nSPS) is 11.1. The van der Waals surface area contributed by atoms with Crippen LogP contribution in [-0.2, 0) is 11.4 Å². The molecule has 5 heteroatoms. The van der Waals surface area contributed by atoms with E-state index in [1.165, 1.54) is 12.7 Å². The zero-order valence-electron chi connectivity index (χ0n) is 13.4. The Balaban J connectivity index is 1.88. The number of benzene rings is 2. The maximum atomic E-state index is 6.18. The van der Waals surface area contributed by atoms with E-state index in [0.717, 1.165) is 18.7 Å². The van der Waals surface area contributed by atoms with Gasteiger partial charge >= 0.3 is 0 Å². The summed E-state index contributed by atoms with van der Waals surface area (Å²) in [5, 5.41) is 4.35. The molecule has 122 valence electrons. The summed E-state index contributed by atoms with van der Waals surface area (Å²) >= 11 is 6.18. The van der Waals surface area contributed by atoms with E-state index >= 15 is 0 Å². The van der Waals surface area contributed by atoms with Gasteiger partial charge in [0.2, 0.25) is 0 Å². The number of hydrogen-bond donors (Lipinski definition) is 0. The molecule has 2 aromatic rings. The highest BCUT2D eigenvalue weighted by atomic mass is 35.5. The van der Waals surface area contributed by atoms with Crippen LogP contribution in [0.15, 0.2) is 53.7 Å². The van der Waals surface area contributed by atoms with Crippen molar-refractivity contribution >= 4 is 17.8 Å². The maximum absolute atomic E-state index is 6.18. The number of likely N-dealkylation sites (N-methyl/N-ethyl adjacent to an activating group) is 1. The Hall–Kier alpha value is -2.04. The summed E-state index contributed by atoms with van der Waals surface area (Å²) in [5.41, 5.74) is 2.01. The van der Waals surface area contributed by atoms with Crippen LogP contribution in [0, 0.1) is 0 Å². The van der Waals surface area contributed by atoms with E-state index in [9.17, 15) is 0 Å². The topological polar surface area (TPSA) is 34.1 Å². The van der Waals surface area contributed by atoms with E-state index in [4.69, 9.17) is 21.2 Å². The van der Waals surface area contributed by atoms with Gasteiger partial charge in [0.15, 0.2) is 0 Å². The minimum Gasteiger partial charge on any atom is -0.492 e. The van der Waals surface area contributed by atoms with Crippen LogP contribution in [0.25, 0.3) is 0 Å². The highest BCUT2D eigenvalue weighted by Crippen LogP contribution is 2.24. The van der Waals surface area contributed by atoms with Crippen molar-refractivity contribution in [1.29, 1.82) is 0 Å². The summed E-state index contributed by atoms with van der Waals surface area (Å²) < 4.78 is 5.85. The average Bonchev–Trinajstić information content (AvgIpc) is 2.55. The number of rotatable bonds is 8. The average molecular weight is 333 g/mol. The van der Waals surface area contributed by atoms with Gasteiger partial charge in [-0.2, -0.15) is 0 Å². The molecule has 0 unspecified atom stereocenters. The fraction of sp³-hybridized carbons (Fsp3) is 0.278. The van der Waals surface area contributed by atoms with Gasteiger partial charge < -0.3 is 9.57 Å². The number of halogens is 1. The molecule has 0 aliphatic heterocycles. The van der Waals surface area contributed by atoms with Crippen LogP contribution in [0.4, 0.5) is 0 Å². The SMILES string of the molecule is CON=Cc1c(Cl)cccc1OCCN(C)Cc1ccccc1. The number of nitrogens with zero attached hydrogens (tertiary/aromatic N) is 2. The van der Waals surface area contributed by atoms with Gasteiger partial charge in [0, 0.05) is 13.1 Å². The summed E-state index contributed by atoms with van der Waals surface area (Å²) in [6.45, 7) is 2.26. The third-order valence-electron chi connectivity index (χ3n) is 3.33. The molecule has 0 aromatic heterocycles. The highest BCUT2D eigenvalue weighted by Gasteiger charge is 2.07. The van der Waals surface area contributed by atoms with Crippen molar-refractivity contribution in [3.05, 3.63) is 64.7 Å². The predicted molar refractivity (Wildman–Crippen MR) is 94.3 cm³/mol. The predicted octanol–water partition coefficient (Wildman–Crippen LogP) is 3.83. The molecule has 0 radical (unpaired) electrons. The molecule has 23 heavy (non-hydrogen) atoms. The number of oxime groups is 1. The molecule has 4 nitrogen and oxygen atoms in total. The van der Waals surface area contributed by atoms with Crippen LogP contribution in [0.2, 0.25) is 5.02 Å². The summed E-state index contributed by atoms with van der Waals surface area (Å²) in [5.74, 6) is 0.700. The van der Waals surface area contributed by atoms with Gasteiger partial charge in [-0.15, -0.1) is 0 Å². The molecular formula is C18H21ClN2O2. The van der Waals surface area contributed by atoms with Crippen LogP contribution < -0.4 is 4.74 Å². The standard InChI is InChI=1S/C18H21ClN2O2/c1-21(14-15-7-4-3-5-8-15)11-12-23-18-10-6-9-17(19)16(18)13-20-22-2/h3-10,13H,11-12,14H2,1-2H3. The van der Waals surface area contributed by atoms with E-state index in [1.54, 1.807) is 12.3 Å². The second-order valence-corrected chi connectivity index (χ2v) is 5.55. The summed E-state index contributed by atoms with van der Waals surface area (Å²) in [6.07, 6.45) is 1.56. The van der Waals surface area contributed by atoms with Gasteiger partial charge in [-0.1, -0.05) is 53.2 Å². The summed E-state index contributed by atoms with van der Waals surface area (Å²) in [4.78, 5) is 6.92. The first-order valence-corrected chi connectivity index (χ1v) is 7.79. The number of ether oxygens (including phenoxy) is 1. The van der Waals surface area contributed by atoms with Crippen molar-refractivity contribution in [3.8, 4) is 5.75 Å². The monoisotopic (exact) mass is 332 g/mol. The Labute approximate surface area is 142 Å². The van der Waals surface area contributed by atoms with Gasteiger partial charge in [-0.25, -0.2) is 0 Å². The van der Waals surface area contributed by atoms with Crippen molar-refractivity contribution in [2.75, 3.05) is 27.3 Å². The zero-order chi connectivity index (χ0) is 16.5. The molecule has 0 N–H and O–H groups in total. The van der Waals surface area contributed by atoms with E-state index in [2.05, 4.69) is 29.2 Å². The molecule has 2 rings (SSSR count). The molecule has 0 fully saturated rings. The molecule has 0 amide bonds. The Bertz CT molecular complexity index is 632. The van der Waals surface area contributed by atoms with E-state index in [-0.39, 0.29) is 0 Å². The van der Waals surface area contributed by atoms with Crippen molar-refractivity contribution in [3.63, 3.8) is 0 Å². The molecule has 0 atom stereocenters. The van der Waals surface area contributed by atoms with E-state index in [1.807, 2.05) is 30.3 Å².